The Balaban J connectivity index is 2.73. The van der Waals surface area contributed by atoms with Crippen LogP contribution in [0.1, 0.15) is 10.4 Å². The second-order valence-electron chi connectivity index (χ2n) is 2.88. The Hall–Kier alpha value is -1.55. The molecule has 0 aliphatic heterocycles. The van der Waals surface area contributed by atoms with Gasteiger partial charge in [-0.05, 0) is 12.1 Å². The molecule has 1 aromatic heterocycles. The van der Waals surface area contributed by atoms with Gasteiger partial charge in [0.1, 0.15) is 0 Å². The molecule has 2 aromatic rings. The number of nitrogens with zero attached hydrogens (tertiary/aromatic N) is 1. The van der Waals surface area contributed by atoms with Gasteiger partial charge in [0.15, 0.2) is 0 Å². The van der Waals surface area contributed by atoms with Gasteiger partial charge in [0, 0.05) is 16.5 Å². The number of pyridine rings is 1. The van der Waals surface area contributed by atoms with Crippen LogP contribution in [0.15, 0.2) is 35.4 Å². The number of thiol groups is 1. The van der Waals surface area contributed by atoms with E-state index in [2.05, 4.69) is 17.6 Å². The molecule has 0 radical (unpaired) electrons. The summed E-state index contributed by atoms with van der Waals surface area (Å²) in [6.07, 6.45) is 1.34. The van der Waals surface area contributed by atoms with Gasteiger partial charge in [-0.2, -0.15) is 0 Å². The molecule has 0 bridgehead atoms. The Morgan fingerprint density at radius 3 is 2.93 bits per heavy atom. The molecule has 0 unspecified atom stereocenters. The topological polar surface area (TPSA) is 50.2 Å². The second-order valence-corrected chi connectivity index (χ2v) is 3.36. The number of carbonyl (C=O) groups is 1. The van der Waals surface area contributed by atoms with Gasteiger partial charge in [-0.25, -0.2) is 4.79 Å². The first-order valence-electron chi connectivity index (χ1n) is 3.99. The maximum Gasteiger partial charge on any atom is 0.337 e. The van der Waals surface area contributed by atoms with E-state index in [1.54, 1.807) is 6.07 Å². The standard InChI is InChI=1S/C10H7NO2S/c12-10(13)7-4-6-2-1-3-8(14)9(6)11-5-7/h1-5,14H,(H,12,13). The highest BCUT2D eigenvalue weighted by Crippen LogP contribution is 2.20. The quantitative estimate of drug-likeness (QED) is 0.702. The first kappa shape index (κ1) is 9.02. The normalized spacial score (nSPS) is 10.4. The fourth-order valence-corrected chi connectivity index (χ4v) is 1.53. The number of benzene rings is 1. The molecule has 1 heterocycles. The lowest BCUT2D eigenvalue weighted by molar-refractivity contribution is 0.0696. The van der Waals surface area contributed by atoms with Crippen LogP contribution in [0, 0.1) is 0 Å². The Morgan fingerprint density at radius 1 is 1.43 bits per heavy atom. The Morgan fingerprint density at radius 2 is 2.21 bits per heavy atom. The summed E-state index contributed by atoms with van der Waals surface area (Å²) in [6.45, 7) is 0. The average Bonchev–Trinajstić information content (AvgIpc) is 2.17. The van der Waals surface area contributed by atoms with Gasteiger partial charge in [-0.1, -0.05) is 12.1 Å². The minimum atomic E-state index is -0.969. The Bertz CT molecular complexity index is 510. The minimum absolute atomic E-state index is 0.191. The van der Waals surface area contributed by atoms with E-state index in [9.17, 15) is 4.79 Å². The molecule has 14 heavy (non-hydrogen) atoms. The van der Waals surface area contributed by atoms with E-state index in [0.29, 0.717) is 0 Å². The van der Waals surface area contributed by atoms with E-state index in [0.717, 1.165) is 15.8 Å². The number of carboxylic acid groups (broad SMARTS) is 1. The number of para-hydroxylation sites is 1. The fourth-order valence-electron chi connectivity index (χ4n) is 1.26. The van der Waals surface area contributed by atoms with Crippen molar-refractivity contribution in [1.82, 2.24) is 4.98 Å². The highest BCUT2D eigenvalue weighted by Gasteiger charge is 2.05. The van der Waals surface area contributed by atoms with Crippen molar-refractivity contribution in [1.29, 1.82) is 0 Å². The predicted octanol–water partition coefficient (Wildman–Crippen LogP) is 2.22. The van der Waals surface area contributed by atoms with E-state index < -0.39 is 5.97 Å². The van der Waals surface area contributed by atoms with Crippen molar-refractivity contribution in [2.75, 3.05) is 0 Å². The number of rotatable bonds is 1. The van der Waals surface area contributed by atoms with E-state index in [4.69, 9.17) is 5.11 Å². The molecule has 2 rings (SSSR count). The highest BCUT2D eigenvalue weighted by molar-refractivity contribution is 7.80. The molecule has 70 valence electrons. The lowest BCUT2D eigenvalue weighted by Crippen LogP contribution is -1.97. The van der Waals surface area contributed by atoms with Crippen LogP contribution in [0.5, 0.6) is 0 Å². The molecular formula is C10H7NO2S. The SMILES string of the molecule is O=C(O)c1cnc2c(S)cccc2c1. The third-order valence-corrected chi connectivity index (χ3v) is 2.30. The average molecular weight is 205 g/mol. The summed E-state index contributed by atoms with van der Waals surface area (Å²) in [4.78, 5) is 15.5. The van der Waals surface area contributed by atoms with Crippen LogP contribution in [0.4, 0.5) is 0 Å². The van der Waals surface area contributed by atoms with Gasteiger partial charge in [0.25, 0.3) is 0 Å². The van der Waals surface area contributed by atoms with E-state index in [1.807, 2.05) is 18.2 Å². The van der Waals surface area contributed by atoms with Crippen molar-refractivity contribution in [3.63, 3.8) is 0 Å². The summed E-state index contributed by atoms with van der Waals surface area (Å²) in [5.74, 6) is -0.969. The molecular weight excluding hydrogens is 198 g/mol. The lowest BCUT2D eigenvalue weighted by Gasteiger charge is -2.00. The smallest absolute Gasteiger partial charge is 0.337 e. The van der Waals surface area contributed by atoms with Gasteiger partial charge in [0.2, 0.25) is 0 Å². The van der Waals surface area contributed by atoms with E-state index in [1.165, 1.54) is 6.20 Å². The lowest BCUT2D eigenvalue weighted by atomic mass is 10.1. The van der Waals surface area contributed by atoms with Gasteiger partial charge in [-0.15, -0.1) is 12.6 Å². The maximum atomic E-state index is 10.7. The highest BCUT2D eigenvalue weighted by atomic mass is 32.1. The molecule has 0 fully saturated rings. The zero-order valence-corrected chi connectivity index (χ0v) is 8.03. The zero-order valence-electron chi connectivity index (χ0n) is 7.14. The second kappa shape index (κ2) is 3.31. The third kappa shape index (κ3) is 1.44. The van der Waals surface area contributed by atoms with Gasteiger partial charge < -0.3 is 5.11 Å². The maximum absolute atomic E-state index is 10.7. The summed E-state index contributed by atoms with van der Waals surface area (Å²) in [6, 6.07) is 7.04. The van der Waals surface area contributed by atoms with Gasteiger partial charge in [-0.3, -0.25) is 4.98 Å². The Kier molecular flexibility index (Phi) is 2.13. The number of carboxylic acids is 1. The van der Waals surface area contributed by atoms with E-state index >= 15 is 0 Å². The first-order valence-corrected chi connectivity index (χ1v) is 4.44. The van der Waals surface area contributed by atoms with Crippen molar-refractivity contribution in [3.8, 4) is 0 Å². The van der Waals surface area contributed by atoms with E-state index in [-0.39, 0.29) is 5.56 Å². The van der Waals surface area contributed by atoms with Gasteiger partial charge >= 0.3 is 5.97 Å². The molecule has 1 aromatic carbocycles. The van der Waals surface area contributed by atoms with Crippen LogP contribution < -0.4 is 0 Å². The molecule has 1 N–H and O–H groups in total. The largest absolute Gasteiger partial charge is 0.478 e. The van der Waals surface area contributed by atoms with Crippen LogP contribution in [-0.4, -0.2) is 16.1 Å². The molecule has 0 amide bonds. The van der Waals surface area contributed by atoms with Crippen LogP contribution in [0.25, 0.3) is 10.9 Å². The van der Waals surface area contributed by atoms with Crippen LogP contribution in [0.3, 0.4) is 0 Å². The number of hydrogen-bond donors (Lipinski definition) is 2. The van der Waals surface area contributed by atoms with Crippen molar-refractivity contribution in [2.45, 2.75) is 4.90 Å². The number of aromatic carboxylic acids is 1. The molecule has 0 saturated carbocycles. The summed E-state index contributed by atoms with van der Waals surface area (Å²) in [7, 11) is 0. The summed E-state index contributed by atoms with van der Waals surface area (Å²) in [5, 5.41) is 9.54. The molecule has 0 aliphatic rings. The summed E-state index contributed by atoms with van der Waals surface area (Å²) < 4.78 is 0. The molecule has 3 nitrogen and oxygen atoms in total. The number of hydrogen-bond acceptors (Lipinski definition) is 3. The number of aromatic nitrogens is 1. The Labute approximate surface area is 85.8 Å². The zero-order chi connectivity index (χ0) is 10.1. The third-order valence-electron chi connectivity index (χ3n) is 1.94. The molecule has 0 saturated heterocycles. The monoisotopic (exact) mass is 205 g/mol. The van der Waals surface area contributed by atoms with Crippen LogP contribution in [-0.2, 0) is 0 Å². The summed E-state index contributed by atoms with van der Waals surface area (Å²) >= 11 is 4.23. The molecule has 4 heteroatoms. The molecule has 0 atom stereocenters. The summed E-state index contributed by atoms with van der Waals surface area (Å²) in [5.41, 5.74) is 0.914. The van der Waals surface area contributed by atoms with Gasteiger partial charge in [0.05, 0.1) is 11.1 Å². The fraction of sp³-hybridized carbons (Fsp3) is 0. The van der Waals surface area contributed by atoms with Crippen molar-refractivity contribution in [2.24, 2.45) is 0 Å². The molecule has 0 spiro atoms. The predicted molar refractivity (Wildman–Crippen MR) is 56.0 cm³/mol. The van der Waals surface area contributed by atoms with Crippen LogP contribution >= 0.6 is 12.6 Å². The molecule has 0 aliphatic carbocycles. The van der Waals surface area contributed by atoms with Crippen molar-refractivity contribution >= 4 is 29.5 Å². The van der Waals surface area contributed by atoms with Crippen molar-refractivity contribution < 1.29 is 9.90 Å². The van der Waals surface area contributed by atoms with Crippen molar-refractivity contribution in [3.05, 3.63) is 36.0 Å². The minimum Gasteiger partial charge on any atom is -0.478 e. The number of fused-ring (bicyclic) bond motifs is 1. The van der Waals surface area contributed by atoms with Crippen LogP contribution in [0.2, 0.25) is 0 Å². The first-order chi connectivity index (χ1) is 6.68.